The van der Waals surface area contributed by atoms with Gasteiger partial charge in [-0.3, -0.25) is 9.58 Å². The maximum absolute atomic E-state index is 13.1. The summed E-state index contributed by atoms with van der Waals surface area (Å²) in [7, 11) is -3.65. The average Bonchev–Trinajstić information content (AvgIpc) is 2.98. The minimum Gasteiger partial charge on any atom is -0.354 e. The lowest BCUT2D eigenvalue weighted by Gasteiger charge is -2.36. The first-order valence-corrected chi connectivity index (χ1v) is 11.9. The van der Waals surface area contributed by atoms with Crippen molar-refractivity contribution in [2.75, 3.05) is 37.6 Å². The van der Waals surface area contributed by atoms with Crippen LogP contribution in [0.1, 0.15) is 39.1 Å². The Kier molecular flexibility index (Phi) is 6.54. The number of aryl methyl sites for hydroxylation is 1. The quantitative estimate of drug-likeness (QED) is 0.750. The molecule has 3 heterocycles. The highest BCUT2D eigenvalue weighted by atomic mass is 32.2. The highest BCUT2D eigenvalue weighted by molar-refractivity contribution is 7.89. The largest absolute Gasteiger partial charge is 0.354 e. The molecule has 1 saturated heterocycles. The first-order chi connectivity index (χ1) is 14.0. The topological polar surface area (TPSA) is 83.4 Å². The van der Waals surface area contributed by atoms with Crippen LogP contribution in [0.5, 0.6) is 0 Å². The standard InChI is InChI=1S/C21H34N6O2S/c1-16(15-25-11-13-26(14-12-25)19-9-7-8-10-22-19)24-30(28,29)20-17(2)23-27(18(20)3)21(4,5)6/h7-10,16,24H,11-15H2,1-6H3. The molecule has 0 spiro atoms. The minimum atomic E-state index is -3.65. The Morgan fingerprint density at radius 2 is 1.80 bits per heavy atom. The minimum absolute atomic E-state index is 0.201. The predicted octanol–water partition coefficient (Wildman–Crippen LogP) is 2.14. The van der Waals surface area contributed by atoms with E-state index in [1.807, 2.05) is 59.0 Å². The molecule has 1 aliphatic heterocycles. The SMILES string of the molecule is Cc1nn(C(C)(C)C)c(C)c1S(=O)(=O)NC(C)CN1CCN(c2ccccn2)CC1. The molecule has 1 aliphatic rings. The van der Waals surface area contributed by atoms with Crippen molar-refractivity contribution < 1.29 is 8.42 Å². The number of pyridine rings is 1. The molecule has 166 valence electrons. The summed E-state index contributed by atoms with van der Waals surface area (Å²) in [5.74, 6) is 0.993. The summed E-state index contributed by atoms with van der Waals surface area (Å²) in [5.41, 5.74) is 0.927. The molecule has 0 aromatic carbocycles. The summed E-state index contributed by atoms with van der Waals surface area (Å²) in [6.07, 6.45) is 1.81. The fraction of sp³-hybridized carbons (Fsp3) is 0.619. The van der Waals surface area contributed by atoms with E-state index >= 15 is 0 Å². The molecule has 1 atom stereocenters. The Hall–Kier alpha value is -1.97. The highest BCUT2D eigenvalue weighted by Gasteiger charge is 2.30. The van der Waals surface area contributed by atoms with E-state index in [9.17, 15) is 8.42 Å². The molecule has 0 amide bonds. The van der Waals surface area contributed by atoms with Crippen LogP contribution in [-0.4, -0.2) is 66.8 Å². The summed E-state index contributed by atoms with van der Waals surface area (Å²) < 4.78 is 30.9. The van der Waals surface area contributed by atoms with E-state index in [0.29, 0.717) is 22.8 Å². The molecular weight excluding hydrogens is 400 g/mol. The highest BCUT2D eigenvalue weighted by Crippen LogP contribution is 2.25. The average molecular weight is 435 g/mol. The van der Waals surface area contributed by atoms with Crippen LogP contribution in [-0.2, 0) is 15.6 Å². The van der Waals surface area contributed by atoms with Gasteiger partial charge in [0.05, 0.1) is 16.9 Å². The van der Waals surface area contributed by atoms with E-state index in [2.05, 4.69) is 24.6 Å². The molecule has 2 aromatic rings. The van der Waals surface area contributed by atoms with Crippen molar-refractivity contribution in [3.05, 3.63) is 35.8 Å². The van der Waals surface area contributed by atoms with Gasteiger partial charge >= 0.3 is 0 Å². The Morgan fingerprint density at radius 1 is 1.13 bits per heavy atom. The van der Waals surface area contributed by atoms with Gasteiger partial charge < -0.3 is 4.90 Å². The van der Waals surface area contributed by atoms with E-state index < -0.39 is 10.0 Å². The van der Waals surface area contributed by atoms with Gasteiger partial charge in [-0.2, -0.15) is 5.10 Å². The van der Waals surface area contributed by atoms with Crippen LogP contribution < -0.4 is 9.62 Å². The number of nitrogens with one attached hydrogen (secondary N) is 1. The lowest BCUT2D eigenvalue weighted by atomic mass is 10.1. The van der Waals surface area contributed by atoms with Crippen molar-refractivity contribution in [1.29, 1.82) is 0 Å². The third-order valence-corrected chi connectivity index (χ3v) is 7.20. The van der Waals surface area contributed by atoms with Gasteiger partial charge in [-0.05, 0) is 53.7 Å². The van der Waals surface area contributed by atoms with E-state index in [1.165, 1.54) is 0 Å². The van der Waals surface area contributed by atoms with Crippen LogP contribution in [0.3, 0.4) is 0 Å². The summed E-state index contributed by atoms with van der Waals surface area (Å²) in [5, 5.41) is 4.48. The molecule has 0 radical (unpaired) electrons. The number of aromatic nitrogens is 3. The Balaban J connectivity index is 1.61. The zero-order chi connectivity index (χ0) is 22.1. The second kappa shape index (κ2) is 8.64. The van der Waals surface area contributed by atoms with Crippen LogP contribution in [0.15, 0.2) is 29.3 Å². The zero-order valence-electron chi connectivity index (χ0n) is 18.9. The second-order valence-corrected chi connectivity index (χ2v) is 10.7. The van der Waals surface area contributed by atoms with Gasteiger partial charge in [0.25, 0.3) is 0 Å². The third kappa shape index (κ3) is 5.01. The molecule has 1 fully saturated rings. The van der Waals surface area contributed by atoms with Crippen LogP contribution in [0, 0.1) is 13.8 Å². The smallest absolute Gasteiger partial charge is 0.244 e. The van der Waals surface area contributed by atoms with Gasteiger partial charge in [0.1, 0.15) is 10.7 Å². The van der Waals surface area contributed by atoms with Gasteiger partial charge in [-0.1, -0.05) is 6.07 Å². The van der Waals surface area contributed by atoms with Crippen molar-refractivity contribution in [2.24, 2.45) is 0 Å². The van der Waals surface area contributed by atoms with Crippen LogP contribution in [0.25, 0.3) is 0 Å². The summed E-state index contributed by atoms with van der Waals surface area (Å²) in [6.45, 7) is 15.7. The van der Waals surface area contributed by atoms with Crippen LogP contribution >= 0.6 is 0 Å². The second-order valence-electron chi connectivity index (χ2n) is 9.08. The maximum atomic E-state index is 13.1. The first kappa shape index (κ1) is 22.7. The lowest BCUT2D eigenvalue weighted by Crippen LogP contribution is -2.51. The van der Waals surface area contributed by atoms with E-state index in [1.54, 1.807) is 11.6 Å². The molecule has 0 bridgehead atoms. The van der Waals surface area contributed by atoms with Crippen molar-refractivity contribution in [3.8, 4) is 0 Å². The van der Waals surface area contributed by atoms with E-state index in [4.69, 9.17) is 0 Å². The molecule has 1 unspecified atom stereocenters. The molecule has 3 rings (SSSR count). The molecule has 8 nitrogen and oxygen atoms in total. The molecule has 30 heavy (non-hydrogen) atoms. The summed E-state index contributed by atoms with van der Waals surface area (Å²) in [4.78, 5) is 9.27. The predicted molar refractivity (Wildman–Crippen MR) is 119 cm³/mol. The number of sulfonamides is 1. The van der Waals surface area contributed by atoms with Crippen molar-refractivity contribution in [2.45, 2.75) is 58.0 Å². The van der Waals surface area contributed by atoms with E-state index in [0.717, 1.165) is 32.0 Å². The van der Waals surface area contributed by atoms with Crippen LogP contribution in [0.4, 0.5) is 5.82 Å². The normalized spacial score (nSPS) is 17.3. The van der Waals surface area contributed by atoms with Crippen molar-refractivity contribution in [1.82, 2.24) is 24.4 Å². The number of rotatable bonds is 6. The Bertz CT molecular complexity index is 957. The molecule has 0 aliphatic carbocycles. The maximum Gasteiger partial charge on any atom is 0.244 e. The summed E-state index contributed by atoms with van der Waals surface area (Å²) >= 11 is 0. The fourth-order valence-electron chi connectivity index (χ4n) is 4.12. The van der Waals surface area contributed by atoms with Gasteiger partial charge in [0, 0.05) is 45.0 Å². The number of piperazine rings is 1. The monoisotopic (exact) mass is 434 g/mol. The third-order valence-electron chi connectivity index (χ3n) is 5.36. The molecular formula is C21H34N6O2S. The molecule has 0 saturated carbocycles. The van der Waals surface area contributed by atoms with Gasteiger partial charge in [0.15, 0.2) is 0 Å². The first-order valence-electron chi connectivity index (χ1n) is 10.5. The van der Waals surface area contributed by atoms with Crippen molar-refractivity contribution in [3.63, 3.8) is 0 Å². The van der Waals surface area contributed by atoms with Crippen molar-refractivity contribution >= 4 is 15.8 Å². The molecule has 1 N–H and O–H groups in total. The Morgan fingerprint density at radius 3 is 2.33 bits per heavy atom. The van der Waals surface area contributed by atoms with Crippen LogP contribution in [0.2, 0.25) is 0 Å². The number of nitrogens with zero attached hydrogens (tertiary/aromatic N) is 5. The van der Waals surface area contributed by atoms with Gasteiger partial charge in [0.2, 0.25) is 10.0 Å². The number of hydrogen-bond acceptors (Lipinski definition) is 6. The molecule has 9 heteroatoms. The molecule has 2 aromatic heterocycles. The fourth-order valence-corrected chi connectivity index (χ4v) is 5.75. The lowest BCUT2D eigenvalue weighted by molar-refractivity contribution is 0.241. The zero-order valence-corrected chi connectivity index (χ0v) is 19.7. The number of anilines is 1. The Labute approximate surface area is 180 Å². The van der Waals surface area contributed by atoms with E-state index in [-0.39, 0.29) is 11.6 Å². The van der Waals surface area contributed by atoms with Gasteiger partial charge in [-0.25, -0.2) is 18.1 Å². The summed E-state index contributed by atoms with van der Waals surface area (Å²) in [6, 6.07) is 5.74. The number of hydrogen-bond donors (Lipinski definition) is 1. The van der Waals surface area contributed by atoms with Gasteiger partial charge in [-0.15, -0.1) is 0 Å².